The van der Waals surface area contributed by atoms with Crippen LogP contribution in [0, 0.1) is 0 Å². The maximum absolute atomic E-state index is 12.4. The summed E-state index contributed by atoms with van der Waals surface area (Å²) in [5, 5.41) is 8.47. The summed E-state index contributed by atoms with van der Waals surface area (Å²) in [5.74, 6) is -0.399. The van der Waals surface area contributed by atoms with Crippen molar-refractivity contribution in [2.45, 2.75) is 33.1 Å². The van der Waals surface area contributed by atoms with Gasteiger partial charge in [0.2, 0.25) is 5.91 Å². The van der Waals surface area contributed by atoms with Crippen molar-refractivity contribution in [2.75, 3.05) is 10.6 Å². The van der Waals surface area contributed by atoms with Gasteiger partial charge in [0.1, 0.15) is 0 Å². The molecule has 6 heteroatoms. The maximum atomic E-state index is 12.4. The molecule has 0 heterocycles. The van der Waals surface area contributed by atoms with Crippen molar-refractivity contribution < 1.29 is 9.59 Å². The first-order valence-electron chi connectivity index (χ1n) is 8.26. The van der Waals surface area contributed by atoms with Gasteiger partial charge in [0, 0.05) is 23.9 Å². The van der Waals surface area contributed by atoms with Gasteiger partial charge in [-0.05, 0) is 59.6 Å². The molecule has 3 N–H and O–H groups in total. The van der Waals surface area contributed by atoms with Gasteiger partial charge in [0.15, 0.2) is 5.11 Å². The molecule has 0 spiro atoms. The van der Waals surface area contributed by atoms with Crippen LogP contribution in [-0.2, 0) is 10.2 Å². The van der Waals surface area contributed by atoms with E-state index in [4.69, 9.17) is 12.2 Å². The lowest BCUT2D eigenvalue weighted by Crippen LogP contribution is -2.32. The van der Waals surface area contributed by atoms with E-state index in [0.717, 1.165) is 5.69 Å². The quantitative estimate of drug-likeness (QED) is 0.713. The van der Waals surface area contributed by atoms with Gasteiger partial charge in [0.05, 0.1) is 0 Å². The highest BCUT2D eigenvalue weighted by molar-refractivity contribution is 7.80. The van der Waals surface area contributed by atoms with Crippen molar-refractivity contribution in [3.8, 4) is 0 Å². The molecule has 0 aromatic heterocycles. The molecule has 2 amide bonds. The zero-order valence-electron chi connectivity index (χ0n) is 15.3. The molecule has 0 atom stereocenters. The summed E-state index contributed by atoms with van der Waals surface area (Å²) >= 11 is 5.00. The fraction of sp³-hybridized carbons (Fsp3) is 0.250. The molecule has 0 unspecified atom stereocenters. The number of rotatable bonds is 3. The molecule has 2 aromatic carbocycles. The molecule has 0 aliphatic heterocycles. The fourth-order valence-electron chi connectivity index (χ4n) is 2.28. The standard InChI is InChI=1S/C20H23N3O2S/c1-13(24)21-19(26)23-17-11-9-16(10-12-17)22-18(25)14-5-7-15(8-6-14)20(2,3)4/h5-12H,1-4H3,(H,22,25)(H2,21,23,24,26). The normalized spacial score (nSPS) is 10.8. The van der Waals surface area contributed by atoms with Crippen molar-refractivity contribution in [3.63, 3.8) is 0 Å². The van der Waals surface area contributed by atoms with Gasteiger partial charge in [-0.15, -0.1) is 0 Å². The molecule has 0 radical (unpaired) electrons. The number of nitrogens with one attached hydrogen (secondary N) is 3. The van der Waals surface area contributed by atoms with Crippen LogP contribution in [0.2, 0.25) is 0 Å². The lowest BCUT2D eigenvalue weighted by Gasteiger charge is -2.19. The van der Waals surface area contributed by atoms with E-state index in [-0.39, 0.29) is 22.3 Å². The van der Waals surface area contributed by atoms with E-state index in [1.54, 1.807) is 24.3 Å². The Kier molecular flexibility index (Phi) is 6.10. The molecular weight excluding hydrogens is 346 g/mol. The van der Waals surface area contributed by atoms with Gasteiger partial charge >= 0.3 is 0 Å². The third kappa shape index (κ3) is 5.67. The van der Waals surface area contributed by atoms with Crippen molar-refractivity contribution in [1.82, 2.24) is 5.32 Å². The second kappa shape index (κ2) is 8.10. The molecule has 0 aliphatic carbocycles. The largest absolute Gasteiger partial charge is 0.332 e. The molecule has 5 nitrogen and oxygen atoms in total. The predicted molar refractivity (Wildman–Crippen MR) is 110 cm³/mol. The molecule has 2 rings (SSSR count). The molecular formula is C20H23N3O2S. The lowest BCUT2D eigenvalue weighted by molar-refractivity contribution is -0.117. The number of thiocarbonyl (C=S) groups is 1. The Morgan fingerprint density at radius 2 is 1.35 bits per heavy atom. The first-order valence-corrected chi connectivity index (χ1v) is 8.66. The summed E-state index contributed by atoms with van der Waals surface area (Å²) in [7, 11) is 0. The molecule has 0 saturated heterocycles. The summed E-state index contributed by atoms with van der Waals surface area (Å²) in [6, 6.07) is 14.7. The fourth-order valence-corrected chi connectivity index (χ4v) is 2.55. The average Bonchev–Trinajstić information content (AvgIpc) is 2.55. The van der Waals surface area contributed by atoms with Crippen LogP contribution in [0.25, 0.3) is 0 Å². The first-order chi connectivity index (χ1) is 12.1. The van der Waals surface area contributed by atoms with Crippen LogP contribution in [0.15, 0.2) is 48.5 Å². The van der Waals surface area contributed by atoms with Crippen LogP contribution in [0.3, 0.4) is 0 Å². The predicted octanol–water partition coefficient (Wildman–Crippen LogP) is 4.07. The Morgan fingerprint density at radius 3 is 1.81 bits per heavy atom. The van der Waals surface area contributed by atoms with Crippen LogP contribution in [-0.4, -0.2) is 16.9 Å². The first kappa shape index (κ1) is 19.6. The second-order valence-electron chi connectivity index (χ2n) is 6.99. The molecule has 26 heavy (non-hydrogen) atoms. The number of hydrogen-bond donors (Lipinski definition) is 3. The van der Waals surface area contributed by atoms with E-state index < -0.39 is 0 Å². The van der Waals surface area contributed by atoms with Gasteiger partial charge < -0.3 is 16.0 Å². The molecule has 0 aliphatic rings. The van der Waals surface area contributed by atoms with Crippen LogP contribution < -0.4 is 16.0 Å². The number of hydrogen-bond acceptors (Lipinski definition) is 3. The van der Waals surface area contributed by atoms with Crippen molar-refractivity contribution in [1.29, 1.82) is 0 Å². The maximum Gasteiger partial charge on any atom is 0.255 e. The summed E-state index contributed by atoms with van der Waals surface area (Å²) in [4.78, 5) is 23.3. The van der Waals surface area contributed by atoms with Crippen molar-refractivity contribution in [3.05, 3.63) is 59.7 Å². The van der Waals surface area contributed by atoms with E-state index in [1.165, 1.54) is 12.5 Å². The molecule has 0 saturated carbocycles. The summed E-state index contributed by atoms with van der Waals surface area (Å²) in [6.45, 7) is 7.79. The molecule has 0 bridgehead atoms. The summed E-state index contributed by atoms with van der Waals surface area (Å²) in [6.07, 6.45) is 0. The number of carbonyl (C=O) groups is 2. The minimum atomic E-state index is -0.233. The Labute approximate surface area is 159 Å². The van der Waals surface area contributed by atoms with Crippen LogP contribution in [0.1, 0.15) is 43.6 Å². The molecule has 136 valence electrons. The zero-order chi connectivity index (χ0) is 19.3. The average molecular weight is 369 g/mol. The third-order valence-electron chi connectivity index (χ3n) is 3.70. The van der Waals surface area contributed by atoms with Crippen molar-refractivity contribution in [2.24, 2.45) is 0 Å². The van der Waals surface area contributed by atoms with Gasteiger partial charge in [-0.25, -0.2) is 0 Å². The van der Waals surface area contributed by atoms with E-state index in [0.29, 0.717) is 11.3 Å². The Bertz CT molecular complexity index is 806. The summed E-state index contributed by atoms with van der Waals surface area (Å²) < 4.78 is 0. The minimum Gasteiger partial charge on any atom is -0.332 e. The Hall–Kier alpha value is -2.73. The SMILES string of the molecule is CC(=O)NC(=S)Nc1ccc(NC(=O)c2ccc(C(C)(C)C)cc2)cc1. The van der Waals surface area contributed by atoms with Gasteiger partial charge in [-0.2, -0.15) is 0 Å². The monoisotopic (exact) mass is 369 g/mol. The highest BCUT2D eigenvalue weighted by atomic mass is 32.1. The van der Waals surface area contributed by atoms with E-state index in [2.05, 4.69) is 36.7 Å². The van der Waals surface area contributed by atoms with Crippen LogP contribution >= 0.6 is 12.2 Å². The Morgan fingerprint density at radius 1 is 0.846 bits per heavy atom. The minimum absolute atomic E-state index is 0.0513. The van der Waals surface area contributed by atoms with Crippen molar-refractivity contribution >= 4 is 40.5 Å². The molecule has 0 fully saturated rings. The van der Waals surface area contributed by atoms with Crippen LogP contribution in [0.5, 0.6) is 0 Å². The van der Waals surface area contributed by atoms with E-state index in [9.17, 15) is 9.59 Å². The number of anilines is 2. The highest BCUT2D eigenvalue weighted by Crippen LogP contribution is 2.22. The van der Waals surface area contributed by atoms with E-state index >= 15 is 0 Å². The lowest BCUT2D eigenvalue weighted by atomic mass is 9.87. The third-order valence-corrected chi connectivity index (χ3v) is 3.91. The highest BCUT2D eigenvalue weighted by Gasteiger charge is 2.14. The second-order valence-corrected chi connectivity index (χ2v) is 7.40. The van der Waals surface area contributed by atoms with Gasteiger partial charge in [-0.1, -0.05) is 32.9 Å². The number of benzene rings is 2. The smallest absolute Gasteiger partial charge is 0.255 e. The molecule has 2 aromatic rings. The number of amides is 2. The van der Waals surface area contributed by atoms with E-state index in [1.807, 2.05) is 24.3 Å². The summed E-state index contributed by atoms with van der Waals surface area (Å²) in [5.41, 5.74) is 3.23. The van der Waals surface area contributed by atoms with Crippen LogP contribution in [0.4, 0.5) is 11.4 Å². The topological polar surface area (TPSA) is 70.2 Å². The number of carbonyl (C=O) groups excluding carboxylic acids is 2. The van der Waals surface area contributed by atoms with Gasteiger partial charge in [0.25, 0.3) is 5.91 Å². The Balaban J connectivity index is 1.99. The zero-order valence-corrected chi connectivity index (χ0v) is 16.2. The van der Waals surface area contributed by atoms with Gasteiger partial charge in [-0.3, -0.25) is 9.59 Å².